The van der Waals surface area contributed by atoms with E-state index in [1.54, 1.807) is 43.2 Å². The number of aryl methyl sites for hydroxylation is 1. The number of hydrogen-bond donors (Lipinski definition) is 4. The van der Waals surface area contributed by atoms with E-state index < -0.39 is 0 Å². The summed E-state index contributed by atoms with van der Waals surface area (Å²) in [5.41, 5.74) is 9.60. The number of rotatable bonds is 35. The Morgan fingerprint density at radius 3 is 1.22 bits per heavy atom. The molecule has 0 heterocycles. The van der Waals surface area contributed by atoms with Gasteiger partial charge in [0.1, 0.15) is 0 Å². The maximum atomic E-state index is 12.5. The molecule has 0 aliphatic rings. The molecule has 0 saturated carbocycles. The van der Waals surface area contributed by atoms with Crippen LogP contribution in [0.2, 0.25) is 0 Å². The SMILES string of the molecule is Cc1ccc(SSc2ccc(NCCC(=O)OCCCCOC(=O)CCN(CCCCCO)CCC(=O)OCCCCOC(=O)CCNc3ccc(SSc4ccc(N)cc4)cc3)cc2)cc1. The molecule has 4 aromatic carbocycles. The van der Waals surface area contributed by atoms with Crippen molar-refractivity contribution in [1.82, 2.24) is 4.90 Å². The number of benzene rings is 4. The Morgan fingerprint density at radius 1 is 0.478 bits per heavy atom. The van der Waals surface area contributed by atoms with Crippen molar-refractivity contribution < 1.29 is 43.2 Å². The van der Waals surface area contributed by atoms with Crippen LogP contribution >= 0.6 is 43.2 Å². The molecule has 0 atom stereocenters. The molecule has 5 N–H and O–H groups in total. The molecule has 0 spiro atoms. The molecule has 4 aromatic rings. The van der Waals surface area contributed by atoms with E-state index >= 15 is 0 Å². The molecule has 0 radical (unpaired) electrons. The molecule has 0 fully saturated rings. The van der Waals surface area contributed by atoms with E-state index in [0.29, 0.717) is 64.8 Å². The summed E-state index contributed by atoms with van der Waals surface area (Å²) in [5.74, 6) is -1.23. The fourth-order valence-corrected chi connectivity index (χ4v) is 9.94. The van der Waals surface area contributed by atoms with Crippen LogP contribution in [-0.2, 0) is 38.1 Å². The van der Waals surface area contributed by atoms with E-state index in [1.807, 2.05) is 65.6 Å². The Kier molecular flexibility index (Phi) is 27.8. The summed E-state index contributed by atoms with van der Waals surface area (Å²) in [5, 5.41) is 15.7. The van der Waals surface area contributed by atoms with E-state index in [-0.39, 0.29) is 82.6 Å². The Balaban J connectivity index is 0.963. The smallest absolute Gasteiger partial charge is 0.307 e. The monoisotopic (exact) mass is 994 g/mol. The van der Waals surface area contributed by atoms with Gasteiger partial charge in [-0.2, -0.15) is 0 Å². The molecule has 67 heavy (non-hydrogen) atoms. The van der Waals surface area contributed by atoms with Gasteiger partial charge in [0, 0.05) is 69.4 Å². The standard InChI is InChI=1S/C50H66N4O9S4/c1-39-9-17-43(18-10-39)64-66-45-21-13-41(14-22-45)52-29-25-47(56)60-35-5-7-37-62-49(58)27-32-54(31-3-2-4-34-55)33-28-50(59)63-38-8-6-36-61-48(57)26-30-53-42-15-23-46(24-16-42)67-65-44-19-11-40(51)12-20-44/h9-24,52-53,55H,2-8,25-38,51H2,1H3. The van der Waals surface area contributed by atoms with E-state index in [9.17, 15) is 19.2 Å². The Morgan fingerprint density at radius 2 is 0.836 bits per heavy atom. The molecular formula is C50H66N4O9S4. The maximum Gasteiger partial charge on any atom is 0.307 e. The van der Waals surface area contributed by atoms with Gasteiger partial charge in [-0.25, -0.2) is 0 Å². The predicted octanol–water partition coefficient (Wildman–Crippen LogP) is 10.5. The van der Waals surface area contributed by atoms with Crippen LogP contribution in [0.1, 0.15) is 76.2 Å². The molecule has 0 unspecified atom stereocenters. The van der Waals surface area contributed by atoms with Crippen LogP contribution in [0.5, 0.6) is 0 Å². The van der Waals surface area contributed by atoms with E-state index in [0.717, 1.165) is 44.6 Å². The van der Waals surface area contributed by atoms with Crippen LogP contribution in [-0.4, -0.2) is 99.6 Å². The van der Waals surface area contributed by atoms with Gasteiger partial charge in [0.15, 0.2) is 0 Å². The van der Waals surface area contributed by atoms with Crippen LogP contribution in [0.4, 0.5) is 17.1 Å². The van der Waals surface area contributed by atoms with Crippen LogP contribution < -0.4 is 16.4 Å². The number of unbranched alkanes of at least 4 members (excludes halogenated alkanes) is 4. The second-order valence-corrected chi connectivity index (χ2v) is 20.1. The maximum absolute atomic E-state index is 12.5. The Bertz CT molecular complexity index is 1870. The molecule has 4 rings (SSSR count). The number of aliphatic hydroxyl groups is 1. The zero-order chi connectivity index (χ0) is 47.7. The number of nitrogens with zero attached hydrogens (tertiary/aromatic N) is 1. The number of anilines is 3. The van der Waals surface area contributed by atoms with Crippen molar-refractivity contribution in [3.05, 3.63) is 103 Å². The predicted molar refractivity (Wildman–Crippen MR) is 273 cm³/mol. The lowest BCUT2D eigenvalue weighted by atomic mass is 10.2. The molecule has 0 amide bonds. The number of nitrogen functional groups attached to an aromatic ring is 1. The first-order valence-corrected chi connectivity index (χ1v) is 27.2. The van der Waals surface area contributed by atoms with E-state index in [4.69, 9.17) is 29.8 Å². The highest BCUT2D eigenvalue weighted by Crippen LogP contribution is 2.38. The molecule has 13 nitrogen and oxygen atoms in total. The number of carbonyl (C=O) groups excluding carboxylic acids is 4. The first-order chi connectivity index (χ1) is 32.6. The topological polar surface area (TPSA) is 179 Å². The quantitative estimate of drug-likeness (QED) is 0.0112. The van der Waals surface area contributed by atoms with Gasteiger partial charge in [0.05, 0.1) is 52.1 Å². The highest BCUT2D eigenvalue weighted by molar-refractivity contribution is 8.77. The molecule has 364 valence electrons. The lowest BCUT2D eigenvalue weighted by molar-refractivity contribution is -0.146. The van der Waals surface area contributed by atoms with Crippen molar-refractivity contribution in [1.29, 1.82) is 0 Å². The average Bonchev–Trinajstić information content (AvgIpc) is 3.33. The fraction of sp³-hybridized carbons (Fsp3) is 0.440. The van der Waals surface area contributed by atoms with Crippen LogP contribution in [0.15, 0.2) is 117 Å². The van der Waals surface area contributed by atoms with Gasteiger partial charge in [-0.1, -0.05) is 60.9 Å². The van der Waals surface area contributed by atoms with Crippen molar-refractivity contribution in [3.8, 4) is 0 Å². The van der Waals surface area contributed by atoms with Crippen molar-refractivity contribution >= 4 is 84.1 Å². The second kappa shape index (κ2) is 33.9. The van der Waals surface area contributed by atoms with Gasteiger partial charge in [-0.15, -0.1) is 0 Å². The number of ether oxygens (including phenoxy) is 4. The molecule has 17 heteroatoms. The molecular weight excluding hydrogens is 929 g/mol. The van der Waals surface area contributed by atoms with Crippen LogP contribution in [0.3, 0.4) is 0 Å². The summed E-state index contributed by atoms with van der Waals surface area (Å²) in [6, 6.07) is 32.3. The number of esters is 4. The third kappa shape index (κ3) is 26.0. The first kappa shape index (κ1) is 55.1. The van der Waals surface area contributed by atoms with Crippen molar-refractivity contribution in [2.45, 2.75) is 97.1 Å². The number of nitrogens with two attached hydrogens (primary N) is 1. The van der Waals surface area contributed by atoms with Gasteiger partial charge in [0.2, 0.25) is 0 Å². The normalized spacial score (nSPS) is 11.0. The Hall–Kier alpha value is -4.52. The summed E-state index contributed by atoms with van der Waals surface area (Å²) in [7, 11) is 6.74. The molecule has 0 aromatic heterocycles. The van der Waals surface area contributed by atoms with Crippen molar-refractivity contribution in [2.75, 3.05) is 82.1 Å². The highest BCUT2D eigenvalue weighted by atomic mass is 33.1. The average molecular weight is 995 g/mol. The van der Waals surface area contributed by atoms with Gasteiger partial charge in [-0.3, -0.25) is 19.2 Å². The number of nitrogens with one attached hydrogen (secondary N) is 2. The minimum absolute atomic E-state index is 0.122. The third-order valence-electron chi connectivity index (χ3n) is 9.92. The zero-order valence-corrected chi connectivity index (χ0v) is 41.7. The minimum Gasteiger partial charge on any atom is -0.466 e. The van der Waals surface area contributed by atoms with E-state index in [2.05, 4.69) is 54.0 Å². The number of aliphatic hydroxyl groups excluding tert-OH is 1. The summed E-state index contributed by atoms with van der Waals surface area (Å²) in [6.45, 7) is 5.64. The first-order valence-electron chi connectivity index (χ1n) is 22.9. The summed E-state index contributed by atoms with van der Waals surface area (Å²) in [4.78, 5) is 56.1. The van der Waals surface area contributed by atoms with Crippen LogP contribution in [0.25, 0.3) is 0 Å². The largest absolute Gasteiger partial charge is 0.466 e. The summed E-state index contributed by atoms with van der Waals surface area (Å²) >= 11 is 0. The fourth-order valence-electron chi connectivity index (χ4n) is 6.08. The third-order valence-corrected chi connectivity index (χ3v) is 14.8. The highest BCUT2D eigenvalue weighted by Gasteiger charge is 2.13. The molecule has 0 bridgehead atoms. The molecule has 0 aliphatic carbocycles. The van der Waals surface area contributed by atoms with Gasteiger partial charge >= 0.3 is 23.9 Å². The molecule has 0 aliphatic heterocycles. The Labute approximate surface area is 411 Å². The van der Waals surface area contributed by atoms with E-state index in [1.165, 1.54) is 10.5 Å². The van der Waals surface area contributed by atoms with Gasteiger partial charge in [0.25, 0.3) is 0 Å². The lowest BCUT2D eigenvalue weighted by Gasteiger charge is -2.21. The molecule has 0 saturated heterocycles. The minimum atomic E-state index is -0.330. The summed E-state index contributed by atoms with van der Waals surface area (Å²) < 4.78 is 21.5. The number of carbonyl (C=O) groups is 4. The van der Waals surface area contributed by atoms with Crippen LogP contribution in [0, 0.1) is 6.92 Å². The van der Waals surface area contributed by atoms with Gasteiger partial charge in [-0.05, 0) is 143 Å². The van der Waals surface area contributed by atoms with Crippen molar-refractivity contribution in [3.63, 3.8) is 0 Å². The van der Waals surface area contributed by atoms with Gasteiger partial charge < -0.3 is 45.3 Å². The van der Waals surface area contributed by atoms with Crippen molar-refractivity contribution in [2.24, 2.45) is 0 Å². The lowest BCUT2D eigenvalue weighted by Crippen LogP contribution is -2.30. The second-order valence-electron chi connectivity index (χ2n) is 15.5. The number of hydrogen-bond acceptors (Lipinski definition) is 17. The summed E-state index contributed by atoms with van der Waals surface area (Å²) in [6.07, 6.45) is 5.49. The zero-order valence-electron chi connectivity index (χ0n) is 38.5.